The van der Waals surface area contributed by atoms with E-state index in [9.17, 15) is 13.2 Å². The third-order valence-electron chi connectivity index (χ3n) is 2.86. The fourth-order valence-corrected chi connectivity index (χ4v) is 2.59. The van der Waals surface area contributed by atoms with Gasteiger partial charge in [0.05, 0.1) is 5.56 Å². The van der Waals surface area contributed by atoms with Crippen LogP contribution in [0.4, 0.5) is 13.2 Å². The maximum Gasteiger partial charge on any atom is 0.416 e. The number of rotatable bonds is 6. The summed E-state index contributed by atoms with van der Waals surface area (Å²) >= 11 is 1.49. The van der Waals surface area contributed by atoms with Gasteiger partial charge in [-0.3, -0.25) is 0 Å². The van der Waals surface area contributed by atoms with E-state index in [0.29, 0.717) is 22.3 Å². The monoisotopic (exact) mass is 291 g/mol. The number of hydrogen-bond donors (Lipinski definition) is 1. The number of nitrogens with one attached hydrogen (secondary N) is 1. The third kappa shape index (κ3) is 5.07. The highest BCUT2D eigenvalue weighted by Gasteiger charge is 2.33. The SMILES string of the molecule is CCNCc1ccc(SC(C)CC)cc1C(F)(F)F. The van der Waals surface area contributed by atoms with Gasteiger partial charge >= 0.3 is 6.18 Å². The van der Waals surface area contributed by atoms with Gasteiger partial charge in [-0.15, -0.1) is 11.8 Å². The second-order valence-electron chi connectivity index (χ2n) is 4.43. The highest BCUT2D eigenvalue weighted by molar-refractivity contribution is 7.99. The lowest BCUT2D eigenvalue weighted by Crippen LogP contribution is -2.17. The molecule has 1 aromatic rings. The van der Waals surface area contributed by atoms with E-state index >= 15 is 0 Å². The minimum absolute atomic E-state index is 0.250. The molecular formula is C14H20F3NS. The van der Waals surface area contributed by atoms with Crippen LogP contribution in [0.1, 0.15) is 38.3 Å². The molecule has 0 fully saturated rings. The fourth-order valence-electron chi connectivity index (χ4n) is 1.62. The minimum Gasteiger partial charge on any atom is -0.313 e. The van der Waals surface area contributed by atoms with Crippen LogP contribution in [0.25, 0.3) is 0 Å². The number of alkyl halides is 3. The van der Waals surface area contributed by atoms with E-state index in [-0.39, 0.29) is 6.54 Å². The Morgan fingerprint density at radius 1 is 1.26 bits per heavy atom. The first-order chi connectivity index (χ1) is 8.88. The molecule has 108 valence electrons. The van der Waals surface area contributed by atoms with Crippen molar-refractivity contribution in [1.29, 1.82) is 0 Å². The Morgan fingerprint density at radius 2 is 1.95 bits per heavy atom. The van der Waals surface area contributed by atoms with Crippen molar-refractivity contribution < 1.29 is 13.2 Å². The fraction of sp³-hybridized carbons (Fsp3) is 0.571. The first-order valence-corrected chi connectivity index (χ1v) is 7.33. The molecule has 0 saturated heterocycles. The van der Waals surface area contributed by atoms with Crippen molar-refractivity contribution in [1.82, 2.24) is 5.32 Å². The van der Waals surface area contributed by atoms with Gasteiger partial charge in [-0.25, -0.2) is 0 Å². The van der Waals surface area contributed by atoms with Gasteiger partial charge in [0.15, 0.2) is 0 Å². The molecule has 0 aromatic heterocycles. The van der Waals surface area contributed by atoms with Gasteiger partial charge < -0.3 is 5.32 Å². The summed E-state index contributed by atoms with van der Waals surface area (Å²) in [6, 6.07) is 4.62. The molecule has 1 aromatic carbocycles. The van der Waals surface area contributed by atoms with Gasteiger partial charge in [0.2, 0.25) is 0 Å². The Bertz CT molecular complexity index is 404. The largest absolute Gasteiger partial charge is 0.416 e. The highest BCUT2D eigenvalue weighted by atomic mass is 32.2. The molecule has 19 heavy (non-hydrogen) atoms. The van der Waals surface area contributed by atoms with Crippen LogP contribution >= 0.6 is 11.8 Å². The molecule has 0 saturated carbocycles. The molecule has 1 atom stereocenters. The number of benzene rings is 1. The van der Waals surface area contributed by atoms with E-state index in [2.05, 4.69) is 5.32 Å². The molecule has 1 nitrogen and oxygen atoms in total. The molecule has 0 heterocycles. The Hall–Kier alpha value is -0.680. The van der Waals surface area contributed by atoms with E-state index in [1.165, 1.54) is 17.8 Å². The lowest BCUT2D eigenvalue weighted by Gasteiger charge is -2.16. The van der Waals surface area contributed by atoms with E-state index in [1.54, 1.807) is 12.1 Å². The molecule has 1 unspecified atom stereocenters. The zero-order valence-electron chi connectivity index (χ0n) is 11.5. The summed E-state index contributed by atoms with van der Waals surface area (Å²) in [6.07, 6.45) is -3.36. The van der Waals surface area contributed by atoms with Gasteiger partial charge in [-0.1, -0.05) is 26.8 Å². The van der Waals surface area contributed by atoms with Crippen LogP contribution in [0.15, 0.2) is 23.1 Å². The van der Waals surface area contributed by atoms with Crippen LogP contribution in [-0.2, 0) is 12.7 Å². The van der Waals surface area contributed by atoms with E-state index in [1.807, 2.05) is 20.8 Å². The average molecular weight is 291 g/mol. The summed E-state index contributed by atoms with van der Waals surface area (Å²) < 4.78 is 39.1. The topological polar surface area (TPSA) is 12.0 Å². The molecule has 0 radical (unpaired) electrons. The summed E-state index contributed by atoms with van der Waals surface area (Å²) in [4.78, 5) is 0.682. The van der Waals surface area contributed by atoms with Crippen molar-refractivity contribution in [3.05, 3.63) is 29.3 Å². The number of halogens is 3. The van der Waals surface area contributed by atoms with Crippen molar-refractivity contribution in [3.63, 3.8) is 0 Å². The standard InChI is InChI=1S/C14H20F3NS/c1-4-10(3)19-12-7-6-11(9-18-5-2)13(8-12)14(15,16)17/h6-8,10,18H,4-5,9H2,1-3H3. The molecule has 0 bridgehead atoms. The molecule has 0 amide bonds. The first-order valence-electron chi connectivity index (χ1n) is 6.46. The van der Waals surface area contributed by atoms with E-state index < -0.39 is 11.7 Å². The molecule has 0 aliphatic rings. The molecular weight excluding hydrogens is 271 g/mol. The predicted molar refractivity (Wildman–Crippen MR) is 74.4 cm³/mol. The minimum atomic E-state index is -4.29. The summed E-state index contributed by atoms with van der Waals surface area (Å²) in [6.45, 7) is 6.83. The van der Waals surface area contributed by atoms with Crippen LogP contribution in [0.5, 0.6) is 0 Å². The maximum absolute atomic E-state index is 13.0. The first kappa shape index (κ1) is 16.4. The average Bonchev–Trinajstić information content (AvgIpc) is 2.35. The van der Waals surface area contributed by atoms with Crippen molar-refractivity contribution in [2.45, 2.75) is 50.1 Å². The third-order valence-corrected chi connectivity index (χ3v) is 4.13. The quantitative estimate of drug-likeness (QED) is 0.762. The van der Waals surface area contributed by atoms with Crippen LogP contribution in [0, 0.1) is 0 Å². The molecule has 1 N–H and O–H groups in total. The zero-order chi connectivity index (χ0) is 14.5. The lowest BCUT2D eigenvalue weighted by atomic mass is 10.1. The Labute approximate surface area is 117 Å². The lowest BCUT2D eigenvalue weighted by molar-refractivity contribution is -0.138. The number of hydrogen-bond acceptors (Lipinski definition) is 2. The van der Waals surface area contributed by atoms with Crippen molar-refractivity contribution in [3.8, 4) is 0 Å². The molecule has 0 aliphatic carbocycles. The Balaban J connectivity index is 3.01. The van der Waals surface area contributed by atoms with Gasteiger partial charge in [0, 0.05) is 16.7 Å². The van der Waals surface area contributed by atoms with Gasteiger partial charge in [-0.2, -0.15) is 13.2 Å². The van der Waals surface area contributed by atoms with Gasteiger partial charge in [-0.05, 0) is 30.7 Å². The second-order valence-corrected chi connectivity index (χ2v) is 5.95. The van der Waals surface area contributed by atoms with Crippen LogP contribution in [0.3, 0.4) is 0 Å². The second kappa shape index (κ2) is 7.20. The Morgan fingerprint density at radius 3 is 2.47 bits per heavy atom. The summed E-state index contributed by atoms with van der Waals surface area (Å²) in [5.41, 5.74) is -0.218. The van der Waals surface area contributed by atoms with Crippen LogP contribution in [0.2, 0.25) is 0 Å². The number of thioether (sulfide) groups is 1. The van der Waals surface area contributed by atoms with E-state index in [0.717, 1.165) is 6.42 Å². The van der Waals surface area contributed by atoms with Gasteiger partial charge in [0.1, 0.15) is 0 Å². The van der Waals surface area contributed by atoms with Crippen molar-refractivity contribution in [2.24, 2.45) is 0 Å². The van der Waals surface area contributed by atoms with Gasteiger partial charge in [0.25, 0.3) is 0 Å². The molecule has 5 heteroatoms. The van der Waals surface area contributed by atoms with E-state index in [4.69, 9.17) is 0 Å². The van der Waals surface area contributed by atoms with Crippen LogP contribution in [-0.4, -0.2) is 11.8 Å². The highest BCUT2D eigenvalue weighted by Crippen LogP contribution is 2.36. The molecule has 0 spiro atoms. The van der Waals surface area contributed by atoms with Crippen molar-refractivity contribution >= 4 is 11.8 Å². The normalized spacial score (nSPS) is 13.6. The molecule has 0 aliphatic heterocycles. The zero-order valence-corrected chi connectivity index (χ0v) is 12.3. The molecule has 1 rings (SSSR count). The maximum atomic E-state index is 13.0. The van der Waals surface area contributed by atoms with Crippen LogP contribution < -0.4 is 5.32 Å². The summed E-state index contributed by atoms with van der Waals surface area (Å²) in [7, 11) is 0. The summed E-state index contributed by atoms with van der Waals surface area (Å²) in [5, 5.41) is 3.26. The summed E-state index contributed by atoms with van der Waals surface area (Å²) in [5.74, 6) is 0. The predicted octanol–water partition coefficient (Wildman–Crippen LogP) is 4.71. The smallest absolute Gasteiger partial charge is 0.313 e. The van der Waals surface area contributed by atoms with Crippen molar-refractivity contribution in [2.75, 3.05) is 6.54 Å². The Kier molecular flexibility index (Phi) is 6.20.